The van der Waals surface area contributed by atoms with Crippen molar-refractivity contribution in [3.05, 3.63) is 34.9 Å². The van der Waals surface area contributed by atoms with Gasteiger partial charge in [0.15, 0.2) is 0 Å². The Bertz CT molecular complexity index is 464. The average Bonchev–Trinajstić information content (AvgIpc) is 2.48. The number of piperidine rings is 1. The number of carbonyl (C=O) groups is 1. The molecule has 3 nitrogen and oxygen atoms in total. The zero-order valence-corrected chi connectivity index (χ0v) is 11.4. The van der Waals surface area contributed by atoms with Gasteiger partial charge in [-0.3, -0.25) is 4.79 Å². The molecule has 0 spiro atoms. The fourth-order valence-corrected chi connectivity index (χ4v) is 3.12. The lowest BCUT2D eigenvalue weighted by Gasteiger charge is -2.24. The monoisotopic (exact) mass is 258 g/mol. The summed E-state index contributed by atoms with van der Waals surface area (Å²) in [6.45, 7) is 1.97. The number of aryl methyl sites for hydroxylation is 2. The summed E-state index contributed by atoms with van der Waals surface area (Å²) >= 11 is 0. The van der Waals surface area contributed by atoms with Gasteiger partial charge in [0, 0.05) is 18.2 Å². The first-order chi connectivity index (χ1) is 9.33. The van der Waals surface area contributed by atoms with Crippen LogP contribution in [0.4, 0.5) is 0 Å². The summed E-state index contributed by atoms with van der Waals surface area (Å²) in [5, 5.41) is 6.47. The van der Waals surface area contributed by atoms with Crippen molar-refractivity contribution in [1.82, 2.24) is 10.6 Å². The molecule has 19 heavy (non-hydrogen) atoms. The van der Waals surface area contributed by atoms with Gasteiger partial charge >= 0.3 is 0 Å². The van der Waals surface area contributed by atoms with Crippen LogP contribution >= 0.6 is 0 Å². The van der Waals surface area contributed by atoms with Crippen LogP contribution in [-0.2, 0) is 12.8 Å². The summed E-state index contributed by atoms with van der Waals surface area (Å²) in [5.74, 6) is 0.0853. The Labute approximate surface area is 114 Å². The summed E-state index contributed by atoms with van der Waals surface area (Å²) in [7, 11) is 0. The predicted molar refractivity (Wildman–Crippen MR) is 76.4 cm³/mol. The summed E-state index contributed by atoms with van der Waals surface area (Å²) in [6, 6.07) is 6.51. The van der Waals surface area contributed by atoms with E-state index in [2.05, 4.69) is 22.8 Å². The zero-order chi connectivity index (χ0) is 13.1. The molecule has 1 heterocycles. The van der Waals surface area contributed by atoms with Gasteiger partial charge in [-0.25, -0.2) is 0 Å². The minimum Gasteiger partial charge on any atom is -0.348 e. The van der Waals surface area contributed by atoms with Gasteiger partial charge in [-0.05, 0) is 68.3 Å². The molecule has 3 rings (SSSR count). The van der Waals surface area contributed by atoms with Gasteiger partial charge in [-0.1, -0.05) is 6.07 Å². The van der Waals surface area contributed by atoms with Gasteiger partial charge in [0.25, 0.3) is 5.91 Å². The summed E-state index contributed by atoms with van der Waals surface area (Å²) in [5.41, 5.74) is 3.63. The Hall–Kier alpha value is -1.35. The van der Waals surface area contributed by atoms with Gasteiger partial charge in [-0.2, -0.15) is 0 Å². The van der Waals surface area contributed by atoms with Crippen LogP contribution in [0.3, 0.4) is 0 Å². The fraction of sp³-hybridized carbons (Fsp3) is 0.562. The van der Waals surface area contributed by atoms with Crippen LogP contribution < -0.4 is 10.6 Å². The Morgan fingerprint density at radius 2 is 2.00 bits per heavy atom. The first kappa shape index (κ1) is 12.7. The molecule has 102 valence electrons. The molecule has 1 fully saturated rings. The number of rotatable bonds is 2. The molecule has 1 aliphatic carbocycles. The third-order valence-corrected chi connectivity index (χ3v) is 4.24. The highest BCUT2D eigenvalue weighted by molar-refractivity contribution is 5.94. The molecule has 1 aliphatic heterocycles. The standard InChI is InChI=1S/C16H22N2O/c19-16(18-15-6-3-9-17-11-15)14-8-7-12-4-1-2-5-13(12)10-14/h7-8,10,15,17H,1-6,9,11H2,(H,18,19). The van der Waals surface area contributed by atoms with E-state index in [9.17, 15) is 4.79 Å². The molecule has 0 bridgehead atoms. The lowest BCUT2D eigenvalue weighted by Crippen LogP contribution is -2.45. The van der Waals surface area contributed by atoms with Crippen molar-refractivity contribution in [2.24, 2.45) is 0 Å². The molecule has 1 aromatic carbocycles. The van der Waals surface area contributed by atoms with Crippen LogP contribution in [0.1, 0.15) is 47.2 Å². The van der Waals surface area contributed by atoms with E-state index in [0.717, 1.165) is 37.9 Å². The molecule has 2 aliphatic rings. The van der Waals surface area contributed by atoms with Crippen molar-refractivity contribution in [2.75, 3.05) is 13.1 Å². The molecule has 1 amide bonds. The maximum atomic E-state index is 12.3. The van der Waals surface area contributed by atoms with Crippen molar-refractivity contribution < 1.29 is 4.79 Å². The highest BCUT2D eigenvalue weighted by atomic mass is 16.1. The van der Waals surface area contributed by atoms with Crippen molar-refractivity contribution in [1.29, 1.82) is 0 Å². The van der Waals surface area contributed by atoms with E-state index in [0.29, 0.717) is 0 Å². The molecule has 2 N–H and O–H groups in total. The van der Waals surface area contributed by atoms with E-state index < -0.39 is 0 Å². The molecule has 1 atom stereocenters. The van der Waals surface area contributed by atoms with Crippen molar-refractivity contribution in [2.45, 2.75) is 44.6 Å². The highest BCUT2D eigenvalue weighted by Crippen LogP contribution is 2.22. The first-order valence-electron chi connectivity index (χ1n) is 7.46. The maximum absolute atomic E-state index is 12.3. The van der Waals surface area contributed by atoms with Gasteiger partial charge in [0.05, 0.1) is 0 Å². The van der Waals surface area contributed by atoms with E-state index in [1.54, 1.807) is 0 Å². The smallest absolute Gasteiger partial charge is 0.251 e. The molecule has 0 aromatic heterocycles. The SMILES string of the molecule is O=C(NC1CCCNC1)c1ccc2c(c1)CCCC2. The van der Waals surface area contributed by atoms with Gasteiger partial charge in [0.1, 0.15) is 0 Å². The van der Waals surface area contributed by atoms with Gasteiger partial charge in [0.2, 0.25) is 0 Å². The van der Waals surface area contributed by atoms with Crippen LogP contribution in [-0.4, -0.2) is 25.0 Å². The Morgan fingerprint density at radius 3 is 2.79 bits per heavy atom. The zero-order valence-electron chi connectivity index (χ0n) is 11.4. The second kappa shape index (κ2) is 5.74. The highest BCUT2D eigenvalue weighted by Gasteiger charge is 2.17. The lowest BCUT2D eigenvalue weighted by atomic mass is 9.90. The molecule has 1 saturated heterocycles. The van der Waals surface area contributed by atoms with Crippen LogP contribution in [0.2, 0.25) is 0 Å². The Morgan fingerprint density at radius 1 is 1.16 bits per heavy atom. The first-order valence-corrected chi connectivity index (χ1v) is 7.46. The van der Waals surface area contributed by atoms with E-state index in [1.165, 1.54) is 30.4 Å². The van der Waals surface area contributed by atoms with E-state index in [4.69, 9.17) is 0 Å². The molecule has 0 saturated carbocycles. The summed E-state index contributed by atoms with van der Waals surface area (Å²) in [6.07, 6.45) is 7.07. The molecular weight excluding hydrogens is 236 g/mol. The molecule has 1 unspecified atom stereocenters. The van der Waals surface area contributed by atoms with Gasteiger partial charge in [-0.15, -0.1) is 0 Å². The second-order valence-electron chi connectivity index (χ2n) is 5.71. The van der Waals surface area contributed by atoms with Crippen molar-refractivity contribution in [3.8, 4) is 0 Å². The molecule has 3 heteroatoms. The van der Waals surface area contributed by atoms with E-state index >= 15 is 0 Å². The third kappa shape index (κ3) is 2.98. The maximum Gasteiger partial charge on any atom is 0.251 e. The number of amides is 1. The molecular formula is C16H22N2O. The Kier molecular flexibility index (Phi) is 3.83. The minimum absolute atomic E-state index is 0.0853. The number of hydrogen-bond donors (Lipinski definition) is 2. The quantitative estimate of drug-likeness (QED) is 0.852. The third-order valence-electron chi connectivity index (χ3n) is 4.24. The Balaban J connectivity index is 1.69. The summed E-state index contributed by atoms with van der Waals surface area (Å²) in [4.78, 5) is 12.3. The number of hydrogen-bond acceptors (Lipinski definition) is 2. The topological polar surface area (TPSA) is 41.1 Å². The minimum atomic E-state index is 0.0853. The lowest BCUT2D eigenvalue weighted by molar-refractivity contribution is 0.0930. The van der Waals surface area contributed by atoms with Crippen LogP contribution in [0.5, 0.6) is 0 Å². The number of carbonyl (C=O) groups excluding carboxylic acids is 1. The van der Waals surface area contributed by atoms with Crippen molar-refractivity contribution in [3.63, 3.8) is 0 Å². The second-order valence-corrected chi connectivity index (χ2v) is 5.71. The summed E-state index contributed by atoms with van der Waals surface area (Å²) < 4.78 is 0. The van der Waals surface area contributed by atoms with Crippen LogP contribution in [0.25, 0.3) is 0 Å². The number of nitrogens with one attached hydrogen (secondary N) is 2. The van der Waals surface area contributed by atoms with E-state index in [1.807, 2.05) is 6.07 Å². The largest absolute Gasteiger partial charge is 0.348 e. The fourth-order valence-electron chi connectivity index (χ4n) is 3.12. The predicted octanol–water partition coefficient (Wildman–Crippen LogP) is 2.05. The number of fused-ring (bicyclic) bond motifs is 1. The normalized spacial score (nSPS) is 22.6. The van der Waals surface area contributed by atoms with Crippen molar-refractivity contribution >= 4 is 5.91 Å². The van der Waals surface area contributed by atoms with Crippen LogP contribution in [0.15, 0.2) is 18.2 Å². The van der Waals surface area contributed by atoms with Gasteiger partial charge < -0.3 is 10.6 Å². The molecule has 1 aromatic rings. The van der Waals surface area contributed by atoms with E-state index in [-0.39, 0.29) is 11.9 Å². The average molecular weight is 258 g/mol. The number of benzene rings is 1. The van der Waals surface area contributed by atoms with Crippen LogP contribution in [0, 0.1) is 0 Å². The molecule has 0 radical (unpaired) electrons.